The number of rotatable bonds is 15. The van der Waals surface area contributed by atoms with Crippen LogP contribution in [-0.2, 0) is 14.3 Å². The molecule has 1 unspecified atom stereocenters. The molecule has 0 heterocycles. The number of nitrogens with zero attached hydrogens (tertiary/aromatic N) is 1. The van der Waals surface area contributed by atoms with Crippen LogP contribution in [0.3, 0.4) is 0 Å². The van der Waals surface area contributed by atoms with Crippen molar-refractivity contribution in [1.29, 1.82) is 0 Å². The molecule has 0 saturated carbocycles. The average molecular weight is 376 g/mol. The van der Waals surface area contributed by atoms with Gasteiger partial charge in [0.2, 0.25) is 0 Å². The van der Waals surface area contributed by atoms with Crippen LogP contribution < -0.4 is 5.32 Å². The summed E-state index contributed by atoms with van der Waals surface area (Å²) in [5.41, 5.74) is 0. The van der Waals surface area contributed by atoms with Crippen LogP contribution in [0.1, 0.15) is 64.2 Å². The van der Waals surface area contributed by atoms with Gasteiger partial charge in [-0.15, -0.1) is 0 Å². The van der Waals surface area contributed by atoms with Crippen molar-refractivity contribution in [3.05, 3.63) is 0 Å². The number of esters is 1. The summed E-state index contributed by atoms with van der Waals surface area (Å²) in [4.78, 5) is 23.1. The van der Waals surface area contributed by atoms with E-state index in [1.807, 2.05) is 21.1 Å². The Morgan fingerprint density at radius 2 is 1.40 bits per heavy atom. The van der Waals surface area contributed by atoms with E-state index in [0.717, 1.165) is 25.8 Å². The topological polar surface area (TPSA) is 55.4 Å². The zero-order valence-electron chi connectivity index (χ0n) is 16.7. The van der Waals surface area contributed by atoms with Gasteiger partial charge in [0, 0.05) is 13.0 Å². The number of hydrogen-bond acceptors (Lipinski definition) is 4. The Morgan fingerprint density at radius 1 is 0.920 bits per heavy atom. The maximum atomic E-state index is 12.1. The molecule has 6 heteroatoms. The number of carbonyl (C=O) groups excluding carboxylic acids is 2. The Morgan fingerprint density at radius 3 is 1.84 bits per heavy atom. The summed E-state index contributed by atoms with van der Waals surface area (Å²) in [5, 5.41) is 3.04. The fraction of sp³-hybridized carbons (Fsp3) is 0.895. The maximum Gasteiger partial charge on any atom is 0.305 e. The van der Waals surface area contributed by atoms with Gasteiger partial charge in [0.05, 0.1) is 34.0 Å². The van der Waals surface area contributed by atoms with Gasteiger partial charge in [0.1, 0.15) is 0 Å². The highest BCUT2D eigenvalue weighted by atomic mass is 32.1. The minimum atomic E-state index is -0.103. The molecule has 0 bridgehead atoms. The van der Waals surface area contributed by atoms with Crippen molar-refractivity contribution in [2.75, 3.05) is 40.6 Å². The summed E-state index contributed by atoms with van der Waals surface area (Å²) in [5.74, 6) is 0.568. The van der Waals surface area contributed by atoms with Gasteiger partial charge in [0.15, 0.2) is 6.04 Å². The second-order valence-electron chi connectivity index (χ2n) is 7.61. The van der Waals surface area contributed by atoms with Gasteiger partial charge >= 0.3 is 5.97 Å². The lowest BCUT2D eigenvalue weighted by Crippen LogP contribution is -2.55. The van der Waals surface area contributed by atoms with Crippen molar-refractivity contribution < 1.29 is 18.8 Å². The summed E-state index contributed by atoms with van der Waals surface area (Å²) < 4.78 is 5.23. The standard InChI is InChI=1S/C19H38N2O3S/c1-21(2,3)17(16-25)19(23)20-15-13-11-9-7-5-6-8-10-12-14-18(22)24-4/h17H,5-16H2,1-4H3,(H-,20,23,25)/p+1. The van der Waals surface area contributed by atoms with Gasteiger partial charge in [-0.2, -0.15) is 12.6 Å². The third kappa shape index (κ3) is 13.2. The van der Waals surface area contributed by atoms with Crippen LogP contribution in [0.4, 0.5) is 0 Å². The highest BCUT2D eigenvalue weighted by Crippen LogP contribution is 2.11. The molecule has 0 aliphatic heterocycles. The fourth-order valence-electron chi connectivity index (χ4n) is 2.74. The van der Waals surface area contributed by atoms with Crippen molar-refractivity contribution >= 4 is 24.5 Å². The lowest BCUT2D eigenvalue weighted by Gasteiger charge is -2.31. The quantitative estimate of drug-likeness (QED) is 0.200. The number of ether oxygens (including phenoxy) is 1. The molecule has 1 amide bonds. The molecule has 0 aliphatic carbocycles. The summed E-state index contributed by atoms with van der Waals surface area (Å²) in [7, 11) is 7.51. The number of nitrogens with one attached hydrogen (secondary N) is 1. The predicted molar refractivity (Wildman–Crippen MR) is 107 cm³/mol. The Balaban J connectivity index is 3.44. The van der Waals surface area contributed by atoms with Crippen LogP contribution in [0.25, 0.3) is 0 Å². The average Bonchev–Trinajstić information content (AvgIpc) is 2.54. The van der Waals surface area contributed by atoms with E-state index in [1.54, 1.807) is 0 Å². The van der Waals surface area contributed by atoms with E-state index in [0.29, 0.717) is 16.7 Å². The first-order valence-electron chi connectivity index (χ1n) is 9.59. The van der Waals surface area contributed by atoms with Crippen LogP contribution in [-0.4, -0.2) is 63.0 Å². The molecular weight excluding hydrogens is 336 g/mol. The lowest BCUT2D eigenvalue weighted by atomic mass is 10.1. The number of thiol groups is 1. The Hall–Kier alpha value is -0.750. The summed E-state index contributed by atoms with van der Waals surface area (Å²) in [6.07, 6.45) is 11.0. The van der Waals surface area contributed by atoms with Gasteiger partial charge < -0.3 is 14.5 Å². The molecule has 5 nitrogen and oxygen atoms in total. The van der Waals surface area contributed by atoms with Gasteiger partial charge in [0.25, 0.3) is 5.91 Å². The van der Waals surface area contributed by atoms with E-state index < -0.39 is 0 Å². The summed E-state index contributed by atoms with van der Waals surface area (Å²) >= 11 is 4.30. The van der Waals surface area contributed by atoms with Crippen LogP contribution >= 0.6 is 12.6 Å². The van der Waals surface area contributed by atoms with E-state index in [-0.39, 0.29) is 17.9 Å². The largest absolute Gasteiger partial charge is 0.469 e. The maximum absolute atomic E-state index is 12.1. The van der Waals surface area contributed by atoms with Crippen molar-refractivity contribution in [3.63, 3.8) is 0 Å². The Bertz CT molecular complexity index is 370. The number of hydrogen-bond donors (Lipinski definition) is 2. The smallest absolute Gasteiger partial charge is 0.305 e. The van der Waals surface area contributed by atoms with Crippen LogP contribution in [0.15, 0.2) is 0 Å². The molecule has 1 N–H and O–H groups in total. The zero-order valence-corrected chi connectivity index (χ0v) is 17.6. The SMILES string of the molecule is COC(=O)CCCCCCCCCCCNC(=O)C(CS)[N+](C)(C)C. The van der Waals surface area contributed by atoms with E-state index >= 15 is 0 Å². The normalized spacial score (nSPS) is 12.7. The lowest BCUT2D eigenvalue weighted by molar-refractivity contribution is -0.883. The van der Waals surface area contributed by atoms with Crippen molar-refractivity contribution in [1.82, 2.24) is 5.32 Å². The zero-order chi connectivity index (χ0) is 19.1. The highest BCUT2D eigenvalue weighted by Gasteiger charge is 2.29. The van der Waals surface area contributed by atoms with Crippen molar-refractivity contribution in [2.24, 2.45) is 0 Å². The first kappa shape index (κ1) is 24.2. The number of methoxy groups -OCH3 is 1. The number of quaternary nitrogens is 1. The predicted octanol–water partition coefficient (Wildman–Crippen LogP) is 3.18. The third-order valence-electron chi connectivity index (χ3n) is 4.50. The monoisotopic (exact) mass is 375 g/mol. The van der Waals surface area contributed by atoms with Gasteiger partial charge in [-0.05, 0) is 12.8 Å². The Labute approximate surface area is 159 Å². The van der Waals surface area contributed by atoms with Crippen molar-refractivity contribution in [3.8, 4) is 0 Å². The molecule has 0 fully saturated rings. The molecule has 0 aromatic carbocycles. The molecule has 0 aromatic rings. The van der Waals surface area contributed by atoms with E-state index in [1.165, 1.54) is 45.6 Å². The third-order valence-corrected chi connectivity index (χ3v) is 4.84. The minimum Gasteiger partial charge on any atom is -0.469 e. The number of likely N-dealkylation sites (N-methyl/N-ethyl adjacent to an activating group) is 1. The Kier molecular flexibility index (Phi) is 14.0. The molecule has 1 atom stereocenters. The summed E-state index contributed by atoms with van der Waals surface area (Å²) in [6, 6.07) is -0.0949. The minimum absolute atomic E-state index is 0.0949. The molecule has 148 valence electrons. The molecule has 25 heavy (non-hydrogen) atoms. The fourth-order valence-corrected chi connectivity index (χ4v) is 3.40. The van der Waals surface area contributed by atoms with E-state index in [4.69, 9.17) is 0 Å². The first-order valence-corrected chi connectivity index (χ1v) is 10.2. The number of amides is 1. The molecule has 0 radical (unpaired) electrons. The van der Waals surface area contributed by atoms with Crippen molar-refractivity contribution in [2.45, 2.75) is 70.3 Å². The van der Waals surface area contributed by atoms with Crippen LogP contribution in [0.2, 0.25) is 0 Å². The number of carbonyl (C=O) groups is 2. The highest BCUT2D eigenvalue weighted by molar-refractivity contribution is 7.80. The second-order valence-corrected chi connectivity index (χ2v) is 7.98. The molecule has 0 rings (SSSR count). The first-order chi connectivity index (χ1) is 11.8. The van der Waals surface area contributed by atoms with E-state index in [9.17, 15) is 9.59 Å². The molecular formula is C19H39N2O3S+. The molecule has 0 spiro atoms. The molecule has 0 aliphatic rings. The van der Waals surface area contributed by atoms with Crippen LogP contribution in [0, 0.1) is 0 Å². The van der Waals surface area contributed by atoms with Gasteiger partial charge in [-0.1, -0.05) is 44.9 Å². The molecule has 0 aromatic heterocycles. The van der Waals surface area contributed by atoms with E-state index in [2.05, 4.69) is 22.7 Å². The van der Waals surface area contributed by atoms with Gasteiger partial charge in [-0.25, -0.2) is 0 Å². The van der Waals surface area contributed by atoms with Gasteiger partial charge in [-0.3, -0.25) is 9.59 Å². The molecule has 0 saturated heterocycles. The number of unbranched alkanes of at least 4 members (excludes halogenated alkanes) is 8. The van der Waals surface area contributed by atoms with Crippen LogP contribution in [0.5, 0.6) is 0 Å². The summed E-state index contributed by atoms with van der Waals surface area (Å²) in [6.45, 7) is 0.761. The second kappa shape index (κ2) is 14.4.